The van der Waals surface area contributed by atoms with Gasteiger partial charge in [0.25, 0.3) is 5.91 Å². The number of halogens is 1. The van der Waals surface area contributed by atoms with Gasteiger partial charge in [-0.1, -0.05) is 17.3 Å². The number of carbonyl (C=O) groups is 1. The number of ether oxygens (including phenoxy) is 1. The Kier molecular flexibility index (Phi) is 6.71. The summed E-state index contributed by atoms with van der Waals surface area (Å²) in [4.78, 5) is 13.8. The zero-order valence-corrected chi connectivity index (χ0v) is 13.4. The van der Waals surface area contributed by atoms with Crippen molar-refractivity contribution in [1.82, 2.24) is 15.4 Å². The Bertz CT molecular complexity index is 662. The summed E-state index contributed by atoms with van der Waals surface area (Å²) in [6, 6.07) is 7.47. The molecule has 2 rings (SSSR count). The van der Waals surface area contributed by atoms with Crippen LogP contribution < -0.4 is 10.1 Å². The Morgan fingerprint density at radius 3 is 2.96 bits per heavy atom. The van der Waals surface area contributed by atoms with Crippen molar-refractivity contribution < 1.29 is 23.6 Å². The molecule has 0 radical (unpaired) electrons. The van der Waals surface area contributed by atoms with Gasteiger partial charge in [0.1, 0.15) is 6.61 Å². The number of nitrogens with one attached hydrogen (secondary N) is 1. The topological polar surface area (TPSA) is 87.8 Å². The number of carbonyl (C=O) groups excluding carboxylic acids is 1. The van der Waals surface area contributed by atoms with Gasteiger partial charge in [0.2, 0.25) is 0 Å². The third-order valence-corrected chi connectivity index (χ3v) is 3.26. The van der Waals surface area contributed by atoms with Crippen LogP contribution in [0.15, 0.2) is 34.9 Å². The second kappa shape index (κ2) is 8.99. The summed E-state index contributed by atoms with van der Waals surface area (Å²) in [5, 5.41) is 15.2. The summed E-state index contributed by atoms with van der Waals surface area (Å²) in [7, 11) is 1.84. The number of rotatable bonds is 9. The van der Waals surface area contributed by atoms with Crippen LogP contribution in [0.1, 0.15) is 16.2 Å². The number of likely N-dealkylation sites (N-methyl/N-ethyl adjacent to an activating group) is 1. The van der Waals surface area contributed by atoms with Crippen molar-refractivity contribution in [2.45, 2.75) is 6.61 Å². The van der Waals surface area contributed by atoms with E-state index in [-0.39, 0.29) is 30.6 Å². The monoisotopic (exact) mass is 337 g/mol. The summed E-state index contributed by atoms with van der Waals surface area (Å²) in [6.07, 6.45) is 0. The number of aliphatic hydroxyl groups excluding tert-OH is 1. The predicted molar refractivity (Wildman–Crippen MR) is 84.2 cm³/mol. The third kappa shape index (κ3) is 5.32. The molecular weight excluding hydrogens is 317 g/mol. The summed E-state index contributed by atoms with van der Waals surface area (Å²) in [5.41, 5.74) is 0.131. The minimum Gasteiger partial charge on any atom is -0.482 e. The predicted octanol–water partition coefficient (Wildman–Crippen LogP) is 1.05. The van der Waals surface area contributed by atoms with E-state index in [4.69, 9.17) is 14.4 Å². The first-order valence-electron chi connectivity index (χ1n) is 7.50. The molecular formula is C16H20FN3O4. The van der Waals surface area contributed by atoms with Crippen LogP contribution in [-0.4, -0.2) is 54.4 Å². The molecule has 0 saturated carbocycles. The lowest BCUT2D eigenvalue weighted by atomic mass is 10.3. The SMILES string of the molecule is CN(CCO)CCNC(=O)c1cc(COc2ccccc2F)on1. The first kappa shape index (κ1) is 17.9. The summed E-state index contributed by atoms with van der Waals surface area (Å²) < 4.78 is 23.7. The van der Waals surface area contributed by atoms with Crippen LogP contribution in [0.25, 0.3) is 0 Å². The summed E-state index contributed by atoms with van der Waals surface area (Å²) in [5.74, 6) is -0.414. The van der Waals surface area contributed by atoms with Crippen LogP contribution in [0.2, 0.25) is 0 Å². The van der Waals surface area contributed by atoms with Crippen molar-refractivity contribution in [2.24, 2.45) is 0 Å². The van der Waals surface area contributed by atoms with Gasteiger partial charge in [-0.2, -0.15) is 0 Å². The van der Waals surface area contributed by atoms with Crippen LogP contribution >= 0.6 is 0 Å². The Balaban J connectivity index is 1.79. The van der Waals surface area contributed by atoms with Gasteiger partial charge in [0.05, 0.1) is 6.61 Å². The molecule has 0 atom stereocenters. The first-order valence-corrected chi connectivity index (χ1v) is 7.50. The number of hydrogen-bond acceptors (Lipinski definition) is 6. The molecule has 0 aliphatic rings. The highest BCUT2D eigenvalue weighted by Crippen LogP contribution is 2.17. The molecule has 1 amide bonds. The standard InChI is InChI=1S/C16H20FN3O4/c1-20(8-9-21)7-6-18-16(22)14-10-12(24-19-14)11-23-15-5-3-2-4-13(15)17/h2-5,10,21H,6-9,11H2,1H3,(H,18,22). The fourth-order valence-corrected chi connectivity index (χ4v) is 1.93. The van der Waals surface area contributed by atoms with E-state index in [1.165, 1.54) is 18.2 Å². The molecule has 1 heterocycles. The second-order valence-electron chi connectivity index (χ2n) is 5.18. The number of amides is 1. The molecule has 8 heteroatoms. The Labute approximate surface area is 139 Å². The van der Waals surface area contributed by atoms with Crippen LogP contribution in [0, 0.1) is 5.82 Å². The van der Waals surface area contributed by atoms with Gasteiger partial charge in [0, 0.05) is 25.7 Å². The minimum atomic E-state index is -0.470. The number of hydrogen-bond donors (Lipinski definition) is 2. The number of para-hydroxylation sites is 1. The van der Waals surface area contributed by atoms with E-state index >= 15 is 0 Å². The van der Waals surface area contributed by atoms with E-state index in [0.717, 1.165) is 0 Å². The quantitative estimate of drug-likeness (QED) is 0.711. The maximum atomic E-state index is 13.4. The zero-order chi connectivity index (χ0) is 17.4. The van der Waals surface area contributed by atoms with E-state index in [2.05, 4.69) is 10.5 Å². The fourth-order valence-electron chi connectivity index (χ4n) is 1.93. The highest BCUT2D eigenvalue weighted by Gasteiger charge is 2.13. The Morgan fingerprint density at radius 2 is 2.21 bits per heavy atom. The normalized spacial score (nSPS) is 10.8. The van der Waals surface area contributed by atoms with Crippen LogP contribution in [0.3, 0.4) is 0 Å². The highest BCUT2D eigenvalue weighted by molar-refractivity contribution is 5.92. The molecule has 0 aliphatic heterocycles. The number of benzene rings is 1. The molecule has 0 bridgehead atoms. The maximum absolute atomic E-state index is 13.4. The number of aromatic nitrogens is 1. The number of aliphatic hydroxyl groups is 1. The molecule has 0 fully saturated rings. The molecule has 0 saturated heterocycles. The summed E-state index contributed by atoms with van der Waals surface area (Å²) >= 11 is 0. The molecule has 2 aromatic rings. The van der Waals surface area contributed by atoms with Crippen LogP contribution in [0.5, 0.6) is 5.75 Å². The molecule has 1 aromatic heterocycles. The smallest absolute Gasteiger partial charge is 0.273 e. The molecule has 2 N–H and O–H groups in total. The first-order chi connectivity index (χ1) is 11.6. The van der Waals surface area contributed by atoms with Gasteiger partial charge in [0.15, 0.2) is 23.0 Å². The van der Waals surface area contributed by atoms with Crippen molar-refractivity contribution in [2.75, 3.05) is 33.3 Å². The minimum absolute atomic E-state index is 0.0273. The van der Waals surface area contributed by atoms with Crippen molar-refractivity contribution in [3.8, 4) is 5.75 Å². The molecule has 24 heavy (non-hydrogen) atoms. The van der Waals surface area contributed by atoms with Gasteiger partial charge >= 0.3 is 0 Å². The van der Waals surface area contributed by atoms with Crippen molar-refractivity contribution in [3.63, 3.8) is 0 Å². The maximum Gasteiger partial charge on any atom is 0.273 e. The van der Waals surface area contributed by atoms with E-state index in [1.807, 2.05) is 11.9 Å². The lowest BCUT2D eigenvalue weighted by molar-refractivity contribution is 0.0939. The fraction of sp³-hybridized carbons (Fsp3) is 0.375. The van der Waals surface area contributed by atoms with Gasteiger partial charge in [-0.25, -0.2) is 4.39 Å². The average Bonchev–Trinajstić information content (AvgIpc) is 3.03. The lowest BCUT2D eigenvalue weighted by Crippen LogP contribution is -2.34. The van der Waals surface area contributed by atoms with Crippen molar-refractivity contribution in [3.05, 3.63) is 47.6 Å². The molecule has 0 aliphatic carbocycles. The molecule has 7 nitrogen and oxygen atoms in total. The van der Waals surface area contributed by atoms with E-state index < -0.39 is 5.82 Å². The van der Waals surface area contributed by atoms with Crippen molar-refractivity contribution in [1.29, 1.82) is 0 Å². The molecule has 0 unspecified atom stereocenters. The van der Waals surface area contributed by atoms with E-state index in [9.17, 15) is 9.18 Å². The van der Waals surface area contributed by atoms with Crippen LogP contribution in [-0.2, 0) is 6.61 Å². The van der Waals surface area contributed by atoms with Gasteiger partial charge < -0.3 is 24.6 Å². The van der Waals surface area contributed by atoms with Gasteiger partial charge in [-0.3, -0.25) is 4.79 Å². The largest absolute Gasteiger partial charge is 0.482 e. The Hall–Kier alpha value is -2.45. The van der Waals surface area contributed by atoms with E-state index in [1.54, 1.807) is 12.1 Å². The lowest BCUT2D eigenvalue weighted by Gasteiger charge is -2.14. The van der Waals surface area contributed by atoms with E-state index in [0.29, 0.717) is 25.4 Å². The van der Waals surface area contributed by atoms with Gasteiger partial charge in [-0.05, 0) is 19.2 Å². The van der Waals surface area contributed by atoms with Crippen molar-refractivity contribution >= 4 is 5.91 Å². The summed E-state index contributed by atoms with van der Waals surface area (Å²) in [6.45, 7) is 1.60. The van der Waals surface area contributed by atoms with Gasteiger partial charge in [-0.15, -0.1) is 0 Å². The molecule has 0 spiro atoms. The molecule has 1 aromatic carbocycles. The number of nitrogens with zero attached hydrogens (tertiary/aromatic N) is 2. The zero-order valence-electron chi connectivity index (χ0n) is 13.4. The third-order valence-electron chi connectivity index (χ3n) is 3.26. The highest BCUT2D eigenvalue weighted by atomic mass is 19.1. The second-order valence-corrected chi connectivity index (χ2v) is 5.18. The van der Waals surface area contributed by atoms with Crippen LogP contribution in [0.4, 0.5) is 4.39 Å². The molecule has 130 valence electrons. The Morgan fingerprint density at radius 1 is 1.42 bits per heavy atom. The average molecular weight is 337 g/mol.